The Bertz CT molecular complexity index is 872. The Morgan fingerprint density at radius 1 is 0.923 bits per heavy atom. The molecule has 0 radical (unpaired) electrons. The highest BCUT2D eigenvalue weighted by molar-refractivity contribution is 6.02. The topological polar surface area (TPSA) is 38.3 Å². The first kappa shape index (κ1) is 17.7. The van der Waals surface area contributed by atoms with Gasteiger partial charge >= 0.3 is 0 Å². The van der Waals surface area contributed by atoms with Crippen LogP contribution in [0.2, 0.25) is 0 Å². The molecule has 0 aliphatic carbocycles. The third kappa shape index (κ3) is 4.09. The Labute approximate surface area is 152 Å². The molecule has 0 saturated heterocycles. The molecule has 0 heterocycles. The van der Waals surface area contributed by atoms with Gasteiger partial charge in [0, 0.05) is 11.3 Å². The lowest BCUT2D eigenvalue weighted by Gasteiger charge is -2.20. The summed E-state index contributed by atoms with van der Waals surface area (Å²) in [6.07, 6.45) is 0. The number of carbonyl (C=O) groups is 1. The maximum Gasteiger partial charge on any atom is 0.189 e. The number of anilines is 1. The average Bonchev–Trinajstić information content (AvgIpc) is 2.67. The first-order valence-corrected chi connectivity index (χ1v) is 8.34. The molecule has 132 valence electrons. The Kier molecular flexibility index (Phi) is 5.32. The van der Waals surface area contributed by atoms with Gasteiger partial charge in [-0.25, -0.2) is 4.39 Å². The van der Waals surface area contributed by atoms with Gasteiger partial charge in [0.2, 0.25) is 0 Å². The lowest BCUT2D eigenvalue weighted by Crippen LogP contribution is -2.21. The van der Waals surface area contributed by atoms with Crippen LogP contribution in [0.3, 0.4) is 0 Å². The molecular formula is C22H20FNO2. The van der Waals surface area contributed by atoms with Crippen LogP contribution < -0.4 is 10.1 Å². The molecule has 0 aliphatic rings. The number of benzene rings is 3. The van der Waals surface area contributed by atoms with Gasteiger partial charge in [0.15, 0.2) is 5.78 Å². The normalized spacial score (nSPS) is 11.7. The van der Waals surface area contributed by atoms with E-state index in [9.17, 15) is 9.18 Å². The Morgan fingerprint density at radius 2 is 1.54 bits per heavy atom. The number of rotatable bonds is 6. The maximum absolute atomic E-state index is 13.3. The number of Topliss-reactive ketones (excluding diaryl/α,β-unsaturated/α-hetero) is 1. The number of methoxy groups -OCH3 is 1. The van der Waals surface area contributed by atoms with E-state index in [-0.39, 0.29) is 11.6 Å². The second-order valence-corrected chi connectivity index (χ2v) is 6.09. The van der Waals surface area contributed by atoms with E-state index in [1.165, 1.54) is 12.1 Å². The minimum Gasteiger partial charge on any atom is -0.497 e. The van der Waals surface area contributed by atoms with Gasteiger partial charge in [-0.15, -0.1) is 0 Å². The van der Waals surface area contributed by atoms with Gasteiger partial charge in [0.05, 0.1) is 7.11 Å². The van der Waals surface area contributed by atoms with E-state index in [2.05, 4.69) is 5.32 Å². The van der Waals surface area contributed by atoms with Crippen molar-refractivity contribution in [1.82, 2.24) is 0 Å². The number of nitrogens with one attached hydrogen (secondary N) is 1. The molecule has 0 unspecified atom stereocenters. The smallest absolute Gasteiger partial charge is 0.189 e. The highest BCUT2D eigenvalue weighted by Gasteiger charge is 2.22. The molecule has 0 amide bonds. The zero-order chi connectivity index (χ0) is 18.5. The zero-order valence-electron chi connectivity index (χ0n) is 14.7. The molecule has 26 heavy (non-hydrogen) atoms. The van der Waals surface area contributed by atoms with Crippen LogP contribution in [-0.2, 0) is 0 Å². The van der Waals surface area contributed by atoms with Gasteiger partial charge in [-0.2, -0.15) is 0 Å². The van der Waals surface area contributed by atoms with Crippen molar-refractivity contribution in [1.29, 1.82) is 0 Å². The molecule has 1 N–H and O–H groups in total. The second kappa shape index (κ2) is 7.83. The van der Waals surface area contributed by atoms with E-state index in [1.54, 1.807) is 19.2 Å². The van der Waals surface area contributed by atoms with E-state index < -0.39 is 6.04 Å². The number of aryl methyl sites for hydroxylation is 1. The second-order valence-electron chi connectivity index (χ2n) is 6.09. The summed E-state index contributed by atoms with van der Waals surface area (Å²) in [5.74, 6) is 0.325. The van der Waals surface area contributed by atoms with Crippen LogP contribution in [0.25, 0.3) is 0 Å². The van der Waals surface area contributed by atoms with Crippen molar-refractivity contribution in [2.24, 2.45) is 0 Å². The fraction of sp³-hybridized carbons (Fsp3) is 0.136. The monoisotopic (exact) mass is 349 g/mol. The van der Waals surface area contributed by atoms with Crippen molar-refractivity contribution in [2.45, 2.75) is 13.0 Å². The van der Waals surface area contributed by atoms with E-state index in [1.807, 2.05) is 55.5 Å². The predicted octanol–water partition coefficient (Wildman–Crippen LogP) is 5.18. The minimum absolute atomic E-state index is 0.0765. The summed E-state index contributed by atoms with van der Waals surface area (Å²) in [7, 11) is 1.60. The fourth-order valence-electron chi connectivity index (χ4n) is 2.69. The largest absolute Gasteiger partial charge is 0.497 e. The molecule has 3 aromatic carbocycles. The van der Waals surface area contributed by atoms with Gasteiger partial charge in [0.25, 0.3) is 0 Å². The molecule has 3 aromatic rings. The van der Waals surface area contributed by atoms with Crippen LogP contribution in [0.5, 0.6) is 5.75 Å². The minimum atomic E-state index is -0.619. The van der Waals surface area contributed by atoms with Crippen molar-refractivity contribution in [3.05, 3.63) is 95.3 Å². The van der Waals surface area contributed by atoms with E-state index in [0.717, 1.165) is 17.0 Å². The lowest BCUT2D eigenvalue weighted by atomic mass is 9.96. The number of ketones is 1. The van der Waals surface area contributed by atoms with E-state index >= 15 is 0 Å². The first-order chi connectivity index (χ1) is 12.6. The highest BCUT2D eigenvalue weighted by atomic mass is 19.1. The Balaban J connectivity index is 1.93. The molecule has 0 fully saturated rings. The maximum atomic E-state index is 13.3. The van der Waals surface area contributed by atoms with E-state index in [4.69, 9.17) is 4.74 Å². The quantitative estimate of drug-likeness (QED) is 0.623. The van der Waals surface area contributed by atoms with Crippen LogP contribution >= 0.6 is 0 Å². The van der Waals surface area contributed by atoms with Crippen LogP contribution in [-0.4, -0.2) is 12.9 Å². The first-order valence-electron chi connectivity index (χ1n) is 8.34. The summed E-state index contributed by atoms with van der Waals surface area (Å²) in [5, 5.41) is 3.25. The van der Waals surface area contributed by atoms with Crippen molar-refractivity contribution >= 4 is 11.5 Å². The standard InChI is InChI=1S/C22H20FNO2/c1-15-3-5-17(6-4-15)22(25)21(16-7-9-18(23)10-8-16)24-19-11-13-20(26-2)14-12-19/h3-14,21,24H,1-2H3/t21-/m0/s1. The fourth-order valence-corrected chi connectivity index (χ4v) is 2.69. The van der Waals surface area contributed by atoms with Crippen molar-refractivity contribution < 1.29 is 13.9 Å². The predicted molar refractivity (Wildman–Crippen MR) is 101 cm³/mol. The third-order valence-electron chi connectivity index (χ3n) is 4.20. The van der Waals surface area contributed by atoms with Crippen LogP contribution in [0.4, 0.5) is 10.1 Å². The molecule has 4 heteroatoms. The van der Waals surface area contributed by atoms with Crippen molar-refractivity contribution in [2.75, 3.05) is 12.4 Å². The molecular weight excluding hydrogens is 329 g/mol. The van der Waals surface area contributed by atoms with Gasteiger partial charge in [-0.05, 0) is 48.9 Å². The molecule has 0 saturated carbocycles. The molecule has 0 spiro atoms. The summed E-state index contributed by atoms with van der Waals surface area (Å²) in [4.78, 5) is 13.1. The summed E-state index contributed by atoms with van der Waals surface area (Å²) in [6.45, 7) is 1.97. The molecule has 0 aromatic heterocycles. The molecule has 3 nitrogen and oxygen atoms in total. The van der Waals surface area contributed by atoms with Gasteiger partial charge in [-0.3, -0.25) is 4.79 Å². The number of carbonyl (C=O) groups excluding carboxylic acids is 1. The number of hydrogen-bond donors (Lipinski definition) is 1. The summed E-state index contributed by atoms with van der Waals surface area (Å²) >= 11 is 0. The summed E-state index contributed by atoms with van der Waals surface area (Å²) < 4.78 is 18.5. The molecule has 0 bridgehead atoms. The van der Waals surface area contributed by atoms with Crippen LogP contribution in [0.15, 0.2) is 72.8 Å². The van der Waals surface area contributed by atoms with Crippen LogP contribution in [0, 0.1) is 12.7 Å². The highest BCUT2D eigenvalue weighted by Crippen LogP contribution is 2.25. The zero-order valence-corrected chi connectivity index (χ0v) is 14.7. The molecule has 0 aliphatic heterocycles. The number of halogens is 1. The van der Waals surface area contributed by atoms with Gasteiger partial charge < -0.3 is 10.1 Å². The number of ether oxygens (including phenoxy) is 1. The summed E-state index contributed by atoms with van der Waals surface area (Å²) in [5.41, 5.74) is 3.17. The Hall–Kier alpha value is -3.14. The average molecular weight is 349 g/mol. The lowest BCUT2D eigenvalue weighted by molar-refractivity contribution is 0.0969. The number of hydrogen-bond acceptors (Lipinski definition) is 3. The van der Waals surface area contributed by atoms with Gasteiger partial charge in [0.1, 0.15) is 17.6 Å². The summed E-state index contributed by atoms with van der Waals surface area (Å²) in [6, 6.07) is 20.1. The van der Waals surface area contributed by atoms with Gasteiger partial charge in [-0.1, -0.05) is 42.0 Å². The Morgan fingerprint density at radius 3 is 2.12 bits per heavy atom. The van der Waals surface area contributed by atoms with Crippen LogP contribution in [0.1, 0.15) is 27.5 Å². The van der Waals surface area contributed by atoms with E-state index in [0.29, 0.717) is 11.1 Å². The molecule has 3 rings (SSSR count). The third-order valence-corrected chi connectivity index (χ3v) is 4.20. The SMILES string of the molecule is COc1ccc(N[C@H](C(=O)c2ccc(C)cc2)c2ccc(F)cc2)cc1. The van der Waals surface area contributed by atoms with Crippen molar-refractivity contribution in [3.63, 3.8) is 0 Å². The van der Waals surface area contributed by atoms with Crippen molar-refractivity contribution in [3.8, 4) is 5.75 Å². The molecule has 1 atom stereocenters.